The van der Waals surface area contributed by atoms with Gasteiger partial charge in [0, 0.05) is 16.8 Å². The van der Waals surface area contributed by atoms with Crippen LogP contribution in [-0.2, 0) is 0 Å². The lowest BCUT2D eigenvalue weighted by atomic mass is 10.2. The summed E-state index contributed by atoms with van der Waals surface area (Å²) in [5, 5.41) is 3.60. The first kappa shape index (κ1) is 18.3. The molecule has 2 heterocycles. The molecule has 7 heteroatoms. The van der Waals surface area contributed by atoms with E-state index >= 15 is 0 Å². The molecule has 1 atom stereocenters. The fourth-order valence-corrected chi connectivity index (χ4v) is 3.26. The SMILES string of the molecule is CC[C@H](C)NC(=O)c1c(N)n(-c2ccc(Cl)cc2)c2nc3ccccc3nc12. The maximum atomic E-state index is 13.0. The molecule has 0 aliphatic carbocycles. The second kappa shape index (κ2) is 7.13. The summed E-state index contributed by atoms with van der Waals surface area (Å²) < 4.78 is 1.75. The van der Waals surface area contributed by atoms with E-state index in [0.717, 1.165) is 17.6 Å². The molecule has 0 bridgehead atoms. The quantitative estimate of drug-likeness (QED) is 0.540. The number of carbonyl (C=O) groups is 1. The van der Waals surface area contributed by atoms with E-state index in [-0.39, 0.29) is 11.9 Å². The van der Waals surface area contributed by atoms with E-state index in [1.54, 1.807) is 16.7 Å². The van der Waals surface area contributed by atoms with E-state index < -0.39 is 0 Å². The van der Waals surface area contributed by atoms with Crippen molar-refractivity contribution in [3.63, 3.8) is 0 Å². The van der Waals surface area contributed by atoms with E-state index in [4.69, 9.17) is 27.3 Å². The number of carbonyl (C=O) groups excluding carboxylic acids is 1. The number of hydrogen-bond donors (Lipinski definition) is 2. The third-order valence-electron chi connectivity index (χ3n) is 4.80. The number of nitrogens with one attached hydrogen (secondary N) is 1. The molecular formula is C21H20ClN5O. The van der Waals surface area contributed by atoms with E-state index in [2.05, 4.69) is 5.32 Å². The van der Waals surface area contributed by atoms with Gasteiger partial charge >= 0.3 is 0 Å². The van der Waals surface area contributed by atoms with E-state index in [9.17, 15) is 4.79 Å². The van der Waals surface area contributed by atoms with Gasteiger partial charge in [-0.1, -0.05) is 30.7 Å². The minimum absolute atomic E-state index is 0.0225. The molecule has 0 saturated carbocycles. The molecule has 2 aromatic carbocycles. The van der Waals surface area contributed by atoms with Gasteiger partial charge in [-0.15, -0.1) is 0 Å². The van der Waals surface area contributed by atoms with Crippen LogP contribution in [0.15, 0.2) is 48.5 Å². The Kier molecular flexibility index (Phi) is 4.65. The molecule has 0 aliphatic rings. The summed E-state index contributed by atoms with van der Waals surface area (Å²) in [5.74, 6) is 0.0441. The van der Waals surface area contributed by atoms with Gasteiger partial charge in [-0.05, 0) is 49.7 Å². The summed E-state index contributed by atoms with van der Waals surface area (Å²) in [6.45, 7) is 3.96. The monoisotopic (exact) mass is 393 g/mol. The molecule has 4 rings (SSSR count). The predicted octanol–water partition coefficient (Wildman–Crippen LogP) is 4.34. The largest absolute Gasteiger partial charge is 0.384 e. The number of hydrogen-bond acceptors (Lipinski definition) is 4. The van der Waals surface area contributed by atoms with Crippen LogP contribution in [0.4, 0.5) is 5.82 Å². The lowest BCUT2D eigenvalue weighted by Crippen LogP contribution is -2.32. The summed E-state index contributed by atoms with van der Waals surface area (Å²) in [5.41, 5.74) is 10.0. The van der Waals surface area contributed by atoms with Crippen LogP contribution < -0.4 is 11.1 Å². The smallest absolute Gasteiger partial charge is 0.257 e. The topological polar surface area (TPSA) is 85.8 Å². The number of benzene rings is 2. The number of fused-ring (bicyclic) bond motifs is 2. The van der Waals surface area contributed by atoms with Crippen LogP contribution in [0.25, 0.3) is 27.9 Å². The minimum atomic E-state index is -0.255. The lowest BCUT2D eigenvalue weighted by molar-refractivity contribution is 0.0941. The summed E-state index contributed by atoms with van der Waals surface area (Å²) in [7, 11) is 0. The normalized spacial score (nSPS) is 12.4. The molecular weight excluding hydrogens is 374 g/mol. The van der Waals surface area contributed by atoms with Crippen LogP contribution in [0.2, 0.25) is 5.02 Å². The first-order chi connectivity index (χ1) is 13.5. The highest BCUT2D eigenvalue weighted by molar-refractivity contribution is 6.30. The maximum Gasteiger partial charge on any atom is 0.257 e. The predicted molar refractivity (Wildman–Crippen MR) is 113 cm³/mol. The first-order valence-electron chi connectivity index (χ1n) is 9.13. The second-order valence-electron chi connectivity index (χ2n) is 6.74. The van der Waals surface area contributed by atoms with Gasteiger partial charge in [-0.3, -0.25) is 9.36 Å². The number of aromatic nitrogens is 3. The van der Waals surface area contributed by atoms with E-state index in [1.807, 2.05) is 50.2 Å². The van der Waals surface area contributed by atoms with Crippen molar-refractivity contribution in [1.29, 1.82) is 0 Å². The highest BCUT2D eigenvalue weighted by Crippen LogP contribution is 2.31. The van der Waals surface area contributed by atoms with E-state index in [0.29, 0.717) is 33.1 Å². The van der Waals surface area contributed by atoms with Crippen LogP contribution in [0.5, 0.6) is 0 Å². The van der Waals surface area contributed by atoms with Crippen molar-refractivity contribution in [3.8, 4) is 5.69 Å². The number of para-hydroxylation sites is 2. The molecule has 142 valence electrons. The van der Waals surface area contributed by atoms with Crippen molar-refractivity contribution < 1.29 is 4.79 Å². The zero-order valence-electron chi connectivity index (χ0n) is 15.6. The Hall–Kier alpha value is -3.12. The Morgan fingerprint density at radius 3 is 2.43 bits per heavy atom. The number of rotatable bonds is 4. The lowest BCUT2D eigenvalue weighted by Gasteiger charge is -2.11. The van der Waals surface area contributed by atoms with Gasteiger partial charge in [-0.2, -0.15) is 0 Å². The van der Waals surface area contributed by atoms with Crippen molar-refractivity contribution in [2.75, 3.05) is 5.73 Å². The van der Waals surface area contributed by atoms with Crippen LogP contribution in [0, 0.1) is 0 Å². The molecule has 28 heavy (non-hydrogen) atoms. The second-order valence-corrected chi connectivity index (χ2v) is 7.18. The van der Waals surface area contributed by atoms with Crippen LogP contribution in [0.3, 0.4) is 0 Å². The Balaban J connectivity index is 2.02. The molecule has 2 aromatic heterocycles. The average Bonchev–Trinajstić information content (AvgIpc) is 2.97. The maximum absolute atomic E-state index is 13.0. The molecule has 3 N–H and O–H groups in total. The number of halogens is 1. The van der Waals surface area contributed by atoms with Crippen molar-refractivity contribution in [2.45, 2.75) is 26.3 Å². The Morgan fingerprint density at radius 1 is 1.14 bits per heavy atom. The molecule has 0 aliphatic heterocycles. The Bertz CT molecular complexity index is 1180. The van der Waals surface area contributed by atoms with Gasteiger partial charge in [0.15, 0.2) is 5.65 Å². The number of nitrogens with two attached hydrogens (primary N) is 1. The Labute approximate surface area is 167 Å². The number of anilines is 1. The summed E-state index contributed by atoms with van der Waals surface area (Å²) in [4.78, 5) is 22.4. The van der Waals surface area contributed by atoms with E-state index in [1.165, 1.54) is 0 Å². The van der Waals surface area contributed by atoms with Crippen molar-refractivity contribution in [2.24, 2.45) is 0 Å². The van der Waals surface area contributed by atoms with Crippen molar-refractivity contribution in [3.05, 3.63) is 59.1 Å². The van der Waals surface area contributed by atoms with Crippen molar-refractivity contribution in [1.82, 2.24) is 19.9 Å². The summed E-state index contributed by atoms with van der Waals surface area (Å²) >= 11 is 6.03. The van der Waals surface area contributed by atoms with Crippen LogP contribution in [-0.4, -0.2) is 26.5 Å². The van der Waals surface area contributed by atoms with Crippen LogP contribution >= 0.6 is 11.6 Å². The van der Waals surface area contributed by atoms with Crippen LogP contribution in [0.1, 0.15) is 30.6 Å². The number of amides is 1. The third-order valence-corrected chi connectivity index (χ3v) is 5.05. The molecule has 4 aromatic rings. The fourth-order valence-electron chi connectivity index (χ4n) is 3.13. The van der Waals surface area contributed by atoms with Gasteiger partial charge in [0.1, 0.15) is 16.9 Å². The first-order valence-corrected chi connectivity index (χ1v) is 9.51. The average molecular weight is 394 g/mol. The standard InChI is InChI=1S/C21H20ClN5O/c1-3-12(2)24-21(28)17-18-20(26-16-7-5-4-6-15(16)25-18)27(19(17)23)14-10-8-13(22)9-11-14/h4-12H,3,23H2,1-2H3,(H,24,28)/t12-/m0/s1. The van der Waals surface area contributed by atoms with Gasteiger partial charge in [0.25, 0.3) is 5.91 Å². The zero-order valence-corrected chi connectivity index (χ0v) is 16.4. The zero-order chi connectivity index (χ0) is 19.8. The molecule has 1 amide bonds. The molecule has 6 nitrogen and oxygen atoms in total. The van der Waals surface area contributed by atoms with Gasteiger partial charge < -0.3 is 11.1 Å². The number of nitrogen functional groups attached to an aromatic ring is 1. The summed E-state index contributed by atoms with van der Waals surface area (Å²) in [6.07, 6.45) is 0.816. The Morgan fingerprint density at radius 2 is 1.79 bits per heavy atom. The molecule has 0 unspecified atom stereocenters. The molecule has 0 spiro atoms. The molecule has 0 radical (unpaired) electrons. The van der Waals surface area contributed by atoms with Crippen molar-refractivity contribution >= 4 is 45.5 Å². The highest BCUT2D eigenvalue weighted by Gasteiger charge is 2.25. The third kappa shape index (κ3) is 3.05. The highest BCUT2D eigenvalue weighted by atomic mass is 35.5. The minimum Gasteiger partial charge on any atom is -0.384 e. The molecule has 0 saturated heterocycles. The number of nitrogens with zero attached hydrogens (tertiary/aromatic N) is 3. The summed E-state index contributed by atoms with van der Waals surface area (Å²) in [6, 6.07) is 14.8. The van der Waals surface area contributed by atoms with Gasteiger partial charge in [-0.25, -0.2) is 9.97 Å². The molecule has 0 fully saturated rings. The van der Waals surface area contributed by atoms with Gasteiger partial charge in [0.05, 0.1) is 11.0 Å². The fraction of sp³-hybridized carbons (Fsp3) is 0.190. The van der Waals surface area contributed by atoms with Gasteiger partial charge in [0.2, 0.25) is 0 Å².